The number of aromatic nitrogens is 1. The minimum absolute atomic E-state index is 0.0378. The maximum Gasteiger partial charge on any atom is 0.228 e. The Morgan fingerprint density at radius 2 is 1.89 bits per heavy atom. The van der Waals surface area contributed by atoms with Crippen molar-refractivity contribution in [2.75, 3.05) is 0 Å². The molecule has 0 aliphatic heterocycles. The van der Waals surface area contributed by atoms with Crippen molar-refractivity contribution in [3.8, 4) is 0 Å². The van der Waals surface area contributed by atoms with Crippen LogP contribution in [0.15, 0.2) is 24.3 Å². The van der Waals surface area contributed by atoms with Crippen molar-refractivity contribution in [1.29, 1.82) is 0 Å². The van der Waals surface area contributed by atoms with Crippen LogP contribution in [0.4, 0.5) is 0 Å². The Kier molecular flexibility index (Phi) is 3.03. The van der Waals surface area contributed by atoms with Gasteiger partial charge in [-0.05, 0) is 11.6 Å². The Hall–Kier alpha value is -1.61. The second-order valence-corrected chi connectivity index (χ2v) is 5.65. The van der Waals surface area contributed by atoms with Gasteiger partial charge in [0.2, 0.25) is 5.91 Å². The second kappa shape index (κ2) is 4.25. The lowest BCUT2D eigenvalue weighted by molar-refractivity contribution is 0.0935. The highest BCUT2D eigenvalue weighted by atomic mass is 16.1. The number of benzene rings is 1. The van der Waals surface area contributed by atoms with Crippen molar-refractivity contribution in [1.82, 2.24) is 4.57 Å². The van der Waals surface area contributed by atoms with Gasteiger partial charge in [0.05, 0.1) is 5.52 Å². The van der Waals surface area contributed by atoms with Crippen molar-refractivity contribution in [2.24, 2.45) is 5.73 Å². The number of nitrogens with zero attached hydrogens (tertiary/aromatic N) is 1. The topological polar surface area (TPSA) is 48.0 Å². The van der Waals surface area contributed by atoms with Crippen LogP contribution in [0.1, 0.15) is 43.7 Å². The number of para-hydroxylation sites is 1. The third kappa shape index (κ3) is 1.85. The highest BCUT2D eigenvalue weighted by molar-refractivity contribution is 5.95. The molecule has 96 valence electrons. The molecule has 1 aromatic heterocycles. The molecule has 0 bridgehead atoms. The third-order valence-corrected chi connectivity index (χ3v) is 3.21. The van der Waals surface area contributed by atoms with Crippen molar-refractivity contribution >= 4 is 16.8 Å². The maximum absolute atomic E-state index is 12.0. The molecule has 18 heavy (non-hydrogen) atoms. The molecule has 0 saturated heterocycles. The molecule has 0 saturated carbocycles. The number of nitrogens with two attached hydrogens (primary N) is 1. The van der Waals surface area contributed by atoms with Gasteiger partial charge in [-0.1, -0.05) is 39.0 Å². The van der Waals surface area contributed by atoms with E-state index in [2.05, 4.69) is 20.8 Å². The molecule has 0 atom stereocenters. The summed E-state index contributed by atoms with van der Waals surface area (Å²) in [6.07, 6.45) is 0. The zero-order chi connectivity index (χ0) is 13.5. The van der Waals surface area contributed by atoms with Gasteiger partial charge in [0.1, 0.15) is 0 Å². The molecule has 0 unspecified atom stereocenters. The molecular formula is C15H20N2O. The number of fused-ring (bicyclic) bond motifs is 1. The van der Waals surface area contributed by atoms with Crippen LogP contribution < -0.4 is 5.73 Å². The summed E-state index contributed by atoms with van der Waals surface area (Å²) in [6, 6.07) is 7.95. The average Bonchev–Trinajstić information content (AvgIpc) is 2.62. The molecule has 0 spiro atoms. The Bertz CT molecular complexity index is 603. The number of hydrogen-bond acceptors (Lipinski definition) is 2. The van der Waals surface area contributed by atoms with E-state index in [1.165, 1.54) is 0 Å². The van der Waals surface area contributed by atoms with Gasteiger partial charge in [0, 0.05) is 30.0 Å². The summed E-state index contributed by atoms with van der Waals surface area (Å²) in [5.74, 6) is 0.0378. The number of hydrogen-bond donors (Lipinski definition) is 1. The van der Waals surface area contributed by atoms with Crippen molar-refractivity contribution in [3.63, 3.8) is 0 Å². The molecule has 3 heteroatoms. The minimum Gasteiger partial charge on any atom is -0.326 e. The second-order valence-electron chi connectivity index (χ2n) is 5.65. The van der Waals surface area contributed by atoms with E-state index in [1.54, 1.807) is 11.5 Å². The standard InChI is InChI=1S/C15H20N2O/c1-10(18)17-13-8-6-5-7-11(13)12(9-16)14(17)15(2,3)4/h5-8H,9,16H2,1-4H3. The monoisotopic (exact) mass is 244 g/mol. The van der Waals surface area contributed by atoms with Crippen LogP contribution in [0.5, 0.6) is 0 Å². The first kappa shape index (κ1) is 12.8. The van der Waals surface area contributed by atoms with Crippen LogP contribution in [0.3, 0.4) is 0 Å². The molecule has 0 fully saturated rings. The van der Waals surface area contributed by atoms with Gasteiger partial charge >= 0.3 is 0 Å². The number of rotatable bonds is 1. The van der Waals surface area contributed by atoms with E-state index in [4.69, 9.17) is 5.73 Å². The van der Waals surface area contributed by atoms with Gasteiger partial charge in [0.25, 0.3) is 0 Å². The molecule has 0 amide bonds. The molecule has 0 aliphatic rings. The van der Waals surface area contributed by atoms with Crippen LogP contribution >= 0.6 is 0 Å². The van der Waals surface area contributed by atoms with E-state index < -0.39 is 0 Å². The number of carbonyl (C=O) groups is 1. The molecule has 0 aliphatic carbocycles. The van der Waals surface area contributed by atoms with Crippen LogP contribution in [0.2, 0.25) is 0 Å². The summed E-state index contributed by atoms with van der Waals surface area (Å²) >= 11 is 0. The maximum atomic E-state index is 12.0. The predicted octanol–water partition coefficient (Wildman–Crippen LogP) is 3.06. The zero-order valence-corrected chi connectivity index (χ0v) is 11.4. The van der Waals surface area contributed by atoms with Crippen LogP contribution in [0, 0.1) is 0 Å². The van der Waals surface area contributed by atoms with Crippen molar-refractivity contribution in [3.05, 3.63) is 35.5 Å². The van der Waals surface area contributed by atoms with Crippen LogP contribution in [-0.4, -0.2) is 10.5 Å². The van der Waals surface area contributed by atoms with Gasteiger partial charge in [-0.25, -0.2) is 0 Å². The van der Waals surface area contributed by atoms with E-state index in [0.29, 0.717) is 6.54 Å². The fourth-order valence-electron chi connectivity index (χ4n) is 2.63. The highest BCUT2D eigenvalue weighted by Gasteiger charge is 2.27. The van der Waals surface area contributed by atoms with Crippen molar-refractivity contribution in [2.45, 2.75) is 39.7 Å². The molecule has 0 radical (unpaired) electrons. The lowest BCUT2D eigenvalue weighted by atomic mass is 9.88. The van der Waals surface area contributed by atoms with Crippen LogP contribution in [0.25, 0.3) is 10.9 Å². The third-order valence-electron chi connectivity index (χ3n) is 3.21. The Morgan fingerprint density at radius 3 is 2.39 bits per heavy atom. The van der Waals surface area contributed by atoms with E-state index in [0.717, 1.165) is 22.2 Å². The Labute approximate surface area is 108 Å². The fraction of sp³-hybridized carbons (Fsp3) is 0.400. The first-order valence-corrected chi connectivity index (χ1v) is 6.21. The zero-order valence-electron chi connectivity index (χ0n) is 11.4. The SMILES string of the molecule is CC(=O)n1c(C(C)(C)C)c(CN)c2ccccc21. The summed E-state index contributed by atoms with van der Waals surface area (Å²) in [6.45, 7) is 8.38. The summed E-state index contributed by atoms with van der Waals surface area (Å²) in [4.78, 5) is 12.0. The largest absolute Gasteiger partial charge is 0.326 e. The molecule has 1 heterocycles. The first-order chi connectivity index (χ1) is 8.38. The Balaban J connectivity index is 2.97. The van der Waals surface area contributed by atoms with E-state index in [-0.39, 0.29) is 11.3 Å². The quantitative estimate of drug-likeness (QED) is 0.838. The fourth-order valence-corrected chi connectivity index (χ4v) is 2.63. The summed E-state index contributed by atoms with van der Waals surface area (Å²) < 4.78 is 1.80. The Morgan fingerprint density at radius 1 is 1.28 bits per heavy atom. The molecule has 3 nitrogen and oxygen atoms in total. The van der Waals surface area contributed by atoms with Gasteiger partial charge in [-0.3, -0.25) is 9.36 Å². The van der Waals surface area contributed by atoms with Crippen molar-refractivity contribution < 1.29 is 4.79 Å². The summed E-state index contributed by atoms with van der Waals surface area (Å²) in [7, 11) is 0. The number of carbonyl (C=O) groups excluding carboxylic acids is 1. The molecular weight excluding hydrogens is 224 g/mol. The highest BCUT2D eigenvalue weighted by Crippen LogP contribution is 2.34. The summed E-state index contributed by atoms with van der Waals surface area (Å²) in [5, 5.41) is 1.08. The predicted molar refractivity (Wildman–Crippen MR) is 74.8 cm³/mol. The first-order valence-electron chi connectivity index (χ1n) is 6.21. The lowest BCUT2D eigenvalue weighted by Gasteiger charge is -2.22. The molecule has 2 N–H and O–H groups in total. The lowest BCUT2D eigenvalue weighted by Crippen LogP contribution is -2.23. The minimum atomic E-state index is -0.112. The van der Waals surface area contributed by atoms with E-state index in [1.807, 2.05) is 24.3 Å². The van der Waals surface area contributed by atoms with Gasteiger partial charge in [0.15, 0.2) is 0 Å². The van der Waals surface area contributed by atoms with Gasteiger partial charge < -0.3 is 5.73 Å². The van der Waals surface area contributed by atoms with E-state index >= 15 is 0 Å². The van der Waals surface area contributed by atoms with E-state index in [9.17, 15) is 4.79 Å². The van der Waals surface area contributed by atoms with Gasteiger partial charge in [-0.2, -0.15) is 0 Å². The molecule has 1 aromatic carbocycles. The molecule has 2 rings (SSSR count). The normalized spacial score (nSPS) is 12.1. The van der Waals surface area contributed by atoms with Gasteiger partial charge in [-0.15, -0.1) is 0 Å². The summed E-state index contributed by atoms with van der Waals surface area (Å²) in [5.41, 5.74) is 8.85. The molecule has 2 aromatic rings. The average molecular weight is 244 g/mol. The smallest absolute Gasteiger partial charge is 0.228 e. The van der Waals surface area contributed by atoms with Crippen LogP contribution in [-0.2, 0) is 12.0 Å².